The van der Waals surface area contributed by atoms with Crippen molar-refractivity contribution in [2.75, 3.05) is 0 Å². The maximum absolute atomic E-state index is 6.18. The Hall–Kier alpha value is -1.06. The Labute approximate surface area is 123 Å². The average molecular weight is 295 g/mol. The molecule has 0 spiro atoms. The van der Waals surface area contributed by atoms with Crippen molar-refractivity contribution in [1.82, 2.24) is 5.43 Å². The van der Waals surface area contributed by atoms with Crippen LogP contribution in [0.4, 0.5) is 0 Å². The summed E-state index contributed by atoms with van der Waals surface area (Å²) < 4.78 is 0. The highest BCUT2D eigenvalue weighted by atomic mass is 35.5. The second-order valence-electron chi connectivity index (χ2n) is 4.61. The molecule has 1 unspecified atom stereocenters. The molecule has 0 aliphatic rings. The van der Waals surface area contributed by atoms with Gasteiger partial charge in [-0.15, -0.1) is 0 Å². The number of nitrogens with two attached hydrogens (primary N) is 1. The van der Waals surface area contributed by atoms with E-state index in [1.54, 1.807) is 0 Å². The molecule has 0 radical (unpaired) electrons. The average Bonchev–Trinajstić information content (AvgIpc) is 2.37. The smallest absolute Gasteiger partial charge is 0.0713 e. The monoisotopic (exact) mass is 294 g/mol. The van der Waals surface area contributed by atoms with E-state index in [0.29, 0.717) is 0 Å². The molecule has 100 valence electrons. The van der Waals surface area contributed by atoms with Crippen LogP contribution in [0.2, 0.25) is 10.0 Å². The van der Waals surface area contributed by atoms with E-state index in [4.69, 9.17) is 29.0 Å². The van der Waals surface area contributed by atoms with Gasteiger partial charge in [0, 0.05) is 10.0 Å². The zero-order valence-electron chi connectivity index (χ0n) is 10.9. The maximum atomic E-state index is 6.18. The molecular weight excluding hydrogens is 279 g/mol. The van der Waals surface area contributed by atoms with Gasteiger partial charge < -0.3 is 0 Å². The van der Waals surface area contributed by atoms with Crippen LogP contribution in [0.5, 0.6) is 0 Å². The first-order valence-corrected chi connectivity index (χ1v) is 6.76. The molecule has 0 aromatic heterocycles. The molecule has 0 aliphatic heterocycles. The minimum absolute atomic E-state index is 0.102. The van der Waals surface area contributed by atoms with Crippen LogP contribution in [0.3, 0.4) is 0 Å². The van der Waals surface area contributed by atoms with Crippen LogP contribution in [0.25, 0.3) is 0 Å². The molecule has 0 saturated heterocycles. The van der Waals surface area contributed by atoms with Gasteiger partial charge in [0.15, 0.2) is 0 Å². The Morgan fingerprint density at radius 2 is 1.74 bits per heavy atom. The lowest BCUT2D eigenvalue weighted by molar-refractivity contribution is 0.633. The molecule has 0 saturated carbocycles. The third kappa shape index (κ3) is 3.10. The molecular formula is C15H16Cl2N2. The summed E-state index contributed by atoms with van der Waals surface area (Å²) in [7, 11) is 0. The summed E-state index contributed by atoms with van der Waals surface area (Å²) in [5, 5.41) is 1.46. The molecule has 3 N–H and O–H groups in total. The molecule has 1 atom stereocenters. The maximum Gasteiger partial charge on any atom is 0.0713 e. The van der Waals surface area contributed by atoms with E-state index in [2.05, 4.69) is 5.43 Å². The number of hydrogen-bond acceptors (Lipinski definition) is 2. The van der Waals surface area contributed by atoms with E-state index in [1.807, 2.05) is 50.2 Å². The molecule has 0 fully saturated rings. The van der Waals surface area contributed by atoms with Gasteiger partial charge in [0.25, 0.3) is 0 Å². The predicted molar refractivity (Wildman–Crippen MR) is 81.5 cm³/mol. The molecule has 2 nitrogen and oxygen atoms in total. The largest absolute Gasteiger partial charge is 0.271 e. The predicted octanol–water partition coefficient (Wildman–Crippen LogP) is 4.16. The second-order valence-corrected chi connectivity index (χ2v) is 5.45. The van der Waals surface area contributed by atoms with Crippen LogP contribution in [0.15, 0.2) is 36.4 Å². The Morgan fingerprint density at radius 1 is 1.00 bits per heavy atom. The van der Waals surface area contributed by atoms with E-state index in [9.17, 15) is 0 Å². The summed E-state index contributed by atoms with van der Waals surface area (Å²) in [6.45, 7) is 3.99. The van der Waals surface area contributed by atoms with Crippen molar-refractivity contribution >= 4 is 23.2 Å². The number of nitrogens with one attached hydrogen (secondary N) is 1. The molecule has 0 amide bonds. The Morgan fingerprint density at radius 3 is 2.32 bits per heavy atom. The quantitative estimate of drug-likeness (QED) is 0.659. The minimum Gasteiger partial charge on any atom is -0.271 e. The standard InChI is InChI=1S/C15H16Cl2N2/c1-9-3-4-11(8-14(9)17)15(19-18)13-6-5-12(16)7-10(13)2/h3-8,15,19H,18H2,1-2H3. The number of halogens is 2. The number of hydrogen-bond donors (Lipinski definition) is 2. The van der Waals surface area contributed by atoms with Gasteiger partial charge in [-0.05, 0) is 54.3 Å². The number of aryl methyl sites for hydroxylation is 2. The van der Waals surface area contributed by atoms with E-state index in [-0.39, 0.29) is 6.04 Å². The highest BCUT2D eigenvalue weighted by molar-refractivity contribution is 6.31. The highest BCUT2D eigenvalue weighted by Crippen LogP contribution is 2.28. The van der Waals surface area contributed by atoms with Crippen molar-refractivity contribution in [2.45, 2.75) is 19.9 Å². The Kier molecular flexibility index (Phi) is 4.48. The zero-order valence-corrected chi connectivity index (χ0v) is 12.4. The summed E-state index contributed by atoms with van der Waals surface area (Å²) in [6.07, 6.45) is 0. The van der Waals surface area contributed by atoms with E-state index in [0.717, 1.165) is 32.3 Å². The summed E-state index contributed by atoms with van der Waals surface area (Å²) in [5.74, 6) is 5.71. The molecule has 0 bridgehead atoms. The fourth-order valence-corrected chi connectivity index (χ4v) is 2.53. The lowest BCUT2D eigenvalue weighted by Crippen LogP contribution is -2.29. The van der Waals surface area contributed by atoms with Gasteiger partial charge in [-0.25, -0.2) is 5.43 Å². The third-order valence-electron chi connectivity index (χ3n) is 3.24. The summed E-state index contributed by atoms with van der Waals surface area (Å²) in [6, 6.07) is 11.6. The molecule has 19 heavy (non-hydrogen) atoms. The fourth-order valence-electron chi connectivity index (χ4n) is 2.12. The second kappa shape index (κ2) is 5.93. The molecule has 2 aromatic rings. The summed E-state index contributed by atoms with van der Waals surface area (Å²) >= 11 is 12.2. The molecule has 2 aromatic carbocycles. The van der Waals surface area contributed by atoms with Gasteiger partial charge in [0.2, 0.25) is 0 Å². The number of rotatable bonds is 3. The lowest BCUT2D eigenvalue weighted by atomic mass is 9.95. The first-order valence-electron chi connectivity index (χ1n) is 6.01. The minimum atomic E-state index is -0.102. The summed E-state index contributed by atoms with van der Waals surface area (Å²) in [4.78, 5) is 0. The zero-order chi connectivity index (χ0) is 14.0. The first kappa shape index (κ1) is 14.4. The van der Waals surface area contributed by atoms with Gasteiger partial charge in [-0.1, -0.05) is 41.4 Å². The van der Waals surface area contributed by atoms with Crippen LogP contribution in [0, 0.1) is 13.8 Å². The van der Waals surface area contributed by atoms with Gasteiger partial charge in [0.1, 0.15) is 0 Å². The van der Waals surface area contributed by atoms with Gasteiger partial charge in [0.05, 0.1) is 6.04 Å². The van der Waals surface area contributed by atoms with Gasteiger partial charge in [-0.2, -0.15) is 0 Å². The van der Waals surface area contributed by atoms with Crippen LogP contribution >= 0.6 is 23.2 Å². The molecule has 2 rings (SSSR count). The lowest BCUT2D eigenvalue weighted by Gasteiger charge is -2.20. The van der Waals surface area contributed by atoms with Crippen molar-refractivity contribution < 1.29 is 0 Å². The van der Waals surface area contributed by atoms with E-state index >= 15 is 0 Å². The number of hydrazine groups is 1. The van der Waals surface area contributed by atoms with Crippen LogP contribution in [-0.4, -0.2) is 0 Å². The van der Waals surface area contributed by atoms with E-state index < -0.39 is 0 Å². The molecule has 0 heterocycles. The highest BCUT2D eigenvalue weighted by Gasteiger charge is 2.15. The van der Waals surface area contributed by atoms with Crippen LogP contribution in [0.1, 0.15) is 28.3 Å². The third-order valence-corrected chi connectivity index (χ3v) is 3.88. The Balaban J connectivity index is 2.46. The Bertz CT molecular complexity index is 597. The van der Waals surface area contributed by atoms with Crippen LogP contribution in [-0.2, 0) is 0 Å². The van der Waals surface area contributed by atoms with Crippen molar-refractivity contribution in [3.63, 3.8) is 0 Å². The number of benzene rings is 2. The topological polar surface area (TPSA) is 38.0 Å². The fraction of sp³-hybridized carbons (Fsp3) is 0.200. The first-order chi connectivity index (χ1) is 9.02. The van der Waals surface area contributed by atoms with Gasteiger partial charge >= 0.3 is 0 Å². The molecule has 0 aliphatic carbocycles. The molecule has 4 heteroatoms. The van der Waals surface area contributed by atoms with E-state index in [1.165, 1.54) is 0 Å². The van der Waals surface area contributed by atoms with Crippen LogP contribution < -0.4 is 11.3 Å². The van der Waals surface area contributed by atoms with Crippen molar-refractivity contribution in [2.24, 2.45) is 5.84 Å². The van der Waals surface area contributed by atoms with Crippen molar-refractivity contribution in [1.29, 1.82) is 0 Å². The van der Waals surface area contributed by atoms with Crippen molar-refractivity contribution in [3.8, 4) is 0 Å². The van der Waals surface area contributed by atoms with Crippen molar-refractivity contribution in [3.05, 3.63) is 68.7 Å². The summed E-state index contributed by atoms with van der Waals surface area (Å²) in [5.41, 5.74) is 7.10. The normalized spacial score (nSPS) is 12.5. The SMILES string of the molecule is Cc1ccc(C(NN)c2ccc(Cl)cc2C)cc1Cl. The van der Waals surface area contributed by atoms with Gasteiger partial charge in [-0.3, -0.25) is 5.84 Å².